The molecule has 144 valence electrons. The van der Waals surface area contributed by atoms with Crippen molar-refractivity contribution >= 4 is 29.8 Å². The maximum atomic E-state index is 12.1. The monoisotopic (exact) mass is 417 g/mol. The molecular weight excluding hydrogens is 398 g/mol. The summed E-state index contributed by atoms with van der Waals surface area (Å²) in [5.74, 6) is 0. The largest absolute Gasteiger partial charge is 0.352 e. The third-order valence-corrected chi connectivity index (χ3v) is 5.90. The van der Waals surface area contributed by atoms with E-state index in [1.807, 2.05) is 91.0 Å². The van der Waals surface area contributed by atoms with E-state index in [4.69, 9.17) is 17.0 Å². The van der Waals surface area contributed by atoms with Gasteiger partial charge in [-0.1, -0.05) is 91.0 Å². The summed E-state index contributed by atoms with van der Waals surface area (Å²) in [6.45, 7) is 0. The number of hydrogen-bond donors (Lipinski definition) is 1. The van der Waals surface area contributed by atoms with E-state index in [0.717, 1.165) is 33.5 Å². The first-order valence-corrected chi connectivity index (χ1v) is 10.5. The van der Waals surface area contributed by atoms with Gasteiger partial charge < -0.3 is 14.5 Å². The Labute approximate surface area is 178 Å². The van der Waals surface area contributed by atoms with Crippen molar-refractivity contribution in [2.45, 2.75) is 12.2 Å². The van der Waals surface area contributed by atoms with Gasteiger partial charge in [0.15, 0.2) is 16.3 Å². The maximum absolute atomic E-state index is 12.1. The maximum Gasteiger partial charge on any atom is 0.159 e. The van der Waals surface area contributed by atoms with Gasteiger partial charge in [-0.2, -0.15) is 0 Å². The normalized spacial score (nSPS) is 12.0. The fourth-order valence-corrected chi connectivity index (χ4v) is 4.49. The van der Waals surface area contributed by atoms with Crippen molar-refractivity contribution in [3.05, 3.63) is 111 Å². The van der Waals surface area contributed by atoms with Gasteiger partial charge in [0.25, 0.3) is 0 Å². The van der Waals surface area contributed by atoms with Crippen molar-refractivity contribution in [2.24, 2.45) is 0 Å². The fourth-order valence-electron chi connectivity index (χ4n) is 3.27. The smallest absolute Gasteiger partial charge is 0.159 e. The van der Waals surface area contributed by atoms with Gasteiger partial charge in [0.05, 0.1) is 10.6 Å². The van der Waals surface area contributed by atoms with Gasteiger partial charge in [-0.15, -0.1) is 11.3 Å². The Morgan fingerprint density at radius 2 is 1.34 bits per heavy atom. The minimum Gasteiger partial charge on any atom is -0.352 e. The second-order valence-electron chi connectivity index (χ2n) is 6.51. The molecule has 0 radical (unpaired) electrons. The Hall–Kier alpha value is -2.86. The van der Waals surface area contributed by atoms with Crippen LogP contribution in [-0.4, -0.2) is 11.3 Å². The first-order chi connectivity index (χ1) is 14.3. The molecule has 29 heavy (non-hydrogen) atoms. The lowest BCUT2D eigenvalue weighted by Crippen LogP contribution is -2.13. The number of H-pyrrole nitrogens is 1. The molecule has 0 bridgehead atoms. The summed E-state index contributed by atoms with van der Waals surface area (Å²) in [6.07, 6.45) is -0.264. The van der Waals surface area contributed by atoms with Crippen LogP contribution in [-0.2, 0) is 9.53 Å². The van der Waals surface area contributed by atoms with Crippen LogP contribution in [0.5, 0.6) is 0 Å². The van der Waals surface area contributed by atoms with Gasteiger partial charge >= 0.3 is 0 Å². The number of ether oxygens (including phenoxy) is 1. The van der Waals surface area contributed by atoms with Crippen LogP contribution in [0.2, 0.25) is 0 Å². The fraction of sp³-hybridized carbons (Fsp3) is 0.0833. The quantitative estimate of drug-likeness (QED) is 0.275. The van der Waals surface area contributed by atoms with E-state index in [0.29, 0.717) is 3.95 Å². The minimum atomic E-state index is -0.742. The summed E-state index contributed by atoms with van der Waals surface area (Å²) in [5, 5.41) is 0. The van der Waals surface area contributed by atoms with Crippen LogP contribution in [0.3, 0.4) is 0 Å². The molecule has 4 aromatic rings. The minimum absolute atomic E-state index is 0.369. The van der Waals surface area contributed by atoms with Gasteiger partial charge in [-0.05, 0) is 28.9 Å². The average Bonchev–Trinajstić information content (AvgIpc) is 3.18. The molecule has 1 atom stereocenters. The van der Waals surface area contributed by atoms with Crippen molar-refractivity contribution in [1.82, 2.24) is 4.98 Å². The molecule has 3 aromatic carbocycles. The summed E-state index contributed by atoms with van der Waals surface area (Å²) < 4.78 is 7.03. The lowest BCUT2D eigenvalue weighted by atomic mass is 10.0. The van der Waals surface area contributed by atoms with Gasteiger partial charge in [0.1, 0.15) is 6.10 Å². The first-order valence-electron chi connectivity index (χ1n) is 9.25. The third-order valence-electron chi connectivity index (χ3n) is 4.61. The molecule has 0 aliphatic heterocycles. The highest BCUT2D eigenvalue weighted by Crippen LogP contribution is 2.37. The summed E-state index contributed by atoms with van der Waals surface area (Å²) in [4.78, 5) is 16.1. The molecule has 0 spiro atoms. The van der Waals surface area contributed by atoms with E-state index >= 15 is 0 Å². The predicted octanol–water partition coefficient (Wildman–Crippen LogP) is 6.52. The number of aldehydes is 1. The van der Waals surface area contributed by atoms with Gasteiger partial charge in [0.2, 0.25) is 0 Å². The van der Waals surface area contributed by atoms with E-state index in [-0.39, 0.29) is 6.10 Å². The van der Waals surface area contributed by atoms with E-state index in [2.05, 4.69) is 4.98 Å². The summed E-state index contributed by atoms with van der Waals surface area (Å²) >= 11 is 6.76. The van der Waals surface area contributed by atoms with Crippen LogP contribution < -0.4 is 0 Å². The van der Waals surface area contributed by atoms with E-state index in [9.17, 15) is 4.79 Å². The highest BCUT2D eigenvalue weighted by molar-refractivity contribution is 7.73. The number of aromatic amines is 1. The summed E-state index contributed by atoms with van der Waals surface area (Å²) in [6, 6.07) is 29.7. The number of nitrogens with one attached hydrogen (secondary N) is 1. The van der Waals surface area contributed by atoms with Crippen molar-refractivity contribution in [3.63, 3.8) is 0 Å². The Kier molecular flexibility index (Phi) is 6.10. The number of carbonyl (C=O) groups excluding carboxylic acids is 1. The molecule has 4 rings (SSSR count). The molecule has 5 heteroatoms. The van der Waals surface area contributed by atoms with Gasteiger partial charge in [0, 0.05) is 0 Å². The molecular formula is C24H19NO2S2. The highest BCUT2D eigenvalue weighted by atomic mass is 32.1. The summed E-state index contributed by atoms with van der Waals surface area (Å²) in [7, 11) is 0. The van der Waals surface area contributed by atoms with Crippen molar-refractivity contribution < 1.29 is 9.53 Å². The lowest BCUT2D eigenvalue weighted by Gasteiger charge is -2.23. The van der Waals surface area contributed by atoms with Gasteiger partial charge in [-0.25, -0.2) is 0 Å². The predicted molar refractivity (Wildman–Crippen MR) is 120 cm³/mol. The topological polar surface area (TPSA) is 42.1 Å². The van der Waals surface area contributed by atoms with E-state index in [1.54, 1.807) is 0 Å². The molecule has 1 aromatic heterocycles. The zero-order valence-electron chi connectivity index (χ0n) is 15.5. The summed E-state index contributed by atoms with van der Waals surface area (Å²) in [5.41, 5.74) is 3.79. The average molecular weight is 418 g/mol. The van der Waals surface area contributed by atoms with Crippen molar-refractivity contribution in [3.8, 4) is 11.3 Å². The molecule has 0 saturated carbocycles. The number of carbonyl (C=O) groups is 1. The highest BCUT2D eigenvalue weighted by Gasteiger charge is 2.25. The molecule has 0 amide bonds. The number of rotatable bonds is 7. The second kappa shape index (κ2) is 9.09. The van der Waals surface area contributed by atoms with Crippen LogP contribution >= 0.6 is 23.6 Å². The molecule has 1 heterocycles. The molecule has 1 unspecified atom stereocenters. The van der Waals surface area contributed by atoms with Crippen LogP contribution in [0.4, 0.5) is 0 Å². The number of hydrogen-bond acceptors (Lipinski definition) is 4. The first kappa shape index (κ1) is 19.5. The van der Waals surface area contributed by atoms with Crippen molar-refractivity contribution in [2.75, 3.05) is 0 Å². The van der Waals surface area contributed by atoms with Crippen LogP contribution in [0.15, 0.2) is 91.0 Å². The molecule has 0 fully saturated rings. The third kappa shape index (κ3) is 4.43. The Morgan fingerprint density at radius 3 is 1.86 bits per heavy atom. The Bertz CT molecular complexity index is 1080. The Morgan fingerprint density at radius 1 is 0.828 bits per heavy atom. The van der Waals surface area contributed by atoms with E-state index in [1.165, 1.54) is 11.3 Å². The number of aromatic nitrogens is 1. The number of thiazole rings is 1. The molecule has 0 aliphatic carbocycles. The lowest BCUT2D eigenvalue weighted by molar-refractivity contribution is -0.120. The molecule has 0 aliphatic rings. The SMILES string of the molecule is O=CC(OC(c1ccccc1)c1ccccc1)c1sc(=S)[nH]c1-c1ccccc1. The van der Waals surface area contributed by atoms with Crippen molar-refractivity contribution in [1.29, 1.82) is 0 Å². The molecule has 0 saturated heterocycles. The van der Waals surface area contributed by atoms with Crippen LogP contribution in [0.1, 0.15) is 28.2 Å². The molecule has 3 nitrogen and oxygen atoms in total. The zero-order chi connectivity index (χ0) is 20.1. The van der Waals surface area contributed by atoms with Gasteiger partial charge in [-0.3, -0.25) is 0 Å². The van der Waals surface area contributed by atoms with E-state index < -0.39 is 6.10 Å². The number of benzene rings is 3. The van der Waals surface area contributed by atoms with Crippen LogP contribution in [0.25, 0.3) is 11.3 Å². The second-order valence-corrected chi connectivity index (χ2v) is 8.23. The zero-order valence-corrected chi connectivity index (χ0v) is 17.2. The van der Waals surface area contributed by atoms with Crippen LogP contribution in [0, 0.1) is 3.95 Å². The molecule has 1 N–H and O–H groups in total. The Balaban J connectivity index is 1.75. The standard InChI is InChI=1S/C24H19NO2S2/c26-16-20(23-21(25-24(28)29-23)17-10-4-1-5-11-17)27-22(18-12-6-2-7-13-18)19-14-8-3-9-15-19/h1-16,20,22H,(H,25,28).